The summed E-state index contributed by atoms with van der Waals surface area (Å²) in [6.07, 6.45) is 2.27. The van der Waals surface area contributed by atoms with Crippen molar-refractivity contribution < 1.29 is 8.42 Å². The van der Waals surface area contributed by atoms with E-state index in [9.17, 15) is 8.42 Å². The Bertz CT molecular complexity index is 251. The van der Waals surface area contributed by atoms with Gasteiger partial charge >= 0.3 is 0 Å². The molecule has 48 valence electrons. The van der Waals surface area contributed by atoms with Crippen molar-refractivity contribution in [1.29, 1.82) is 0 Å². The Balaban J connectivity index is 3.11. The predicted molar refractivity (Wildman–Crippen MR) is 32.1 cm³/mol. The summed E-state index contributed by atoms with van der Waals surface area (Å²) in [5, 5.41) is 8.66. The number of hydrogen-bond acceptors (Lipinski definition) is 4. The minimum Gasteiger partial charge on any atom is -0.220 e. The molecule has 0 saturated heterocycles. The Morgan fingerprint density at radius 2 is 1.44 bits per heavy atom. The third-order valence-electron chi connectivity index (χ3n) is 0.701. The van der Waals surface area contributed by atoms with Crippen molar-refractivity contribution in [3.8, 4) is 0 Å². The lowest BCUT2D eigenvalue weighted by Gasteiger charge is -1.78. The van der Waals surface area contributed by atoms with Crippen LogP contribution >= 0.6 is 0 Å². The molecule has 4 nitrogen and oxygen atoms in total. The van der Waals surface area contributed by atoms with Crippen LogP contribution in [-0.2, 0) is 9.84 Å². The Morgan fingerprint density at radius 3 is 1.89 bits per heavy atom. The number of sulfone groups is 1. The van der Waals surface area contributed by atoms with E-state index in [1.165, 1.54) is 0 Å². The van der Waals surface area contributed by atoms with Gasteiger partial charge in [-0.25, -0.2) is 8.42 Å². The standard InChI is InChI=1S/C4H4N2O2S/c7-9(8)3-1-5-6-2-4-9/h1-4H. The van der Waals surface area contributed by atoms with Crippen LogP contribution in [-0.4, -0.2) is 8.42 Å². The number of azo groups is 1. The van der Waals surface area contributed by atoms with E-state index in [1.807, 2.05) is 0 Å². The molecular formula is C4H4N2O2S. The lowest BCUT2D eigenvalue weighted by atomic mass is 11.0. The molecule has 1 aliphatic rings. The van der Waals surface area contributed by atoms with Gasteiger partial charge in [0.05, 0.1) is 23.2 Å². The van der Waals surface area contributed by atoms with Crippen LogP contribution in [0.4, 0.5) is 0 Å². The van der Waals surface area contributed by atoms with Crippen LogP contribution < -0.4 is 0 Å². The van der Waals surface area contributed by atoms with E-state index in [-0.39, 0.29) is 0 Å². The van der Waals surface area contributed by atoms with Gasteiger partial charge in [-0.05, 0) is 0 Å². The van der Waals surface area contributed by atoms with Crippen LogP contribution in [0, 0.1) is 0 Å². The molecule has 1 heterocycles. The van der Waals surface area contributed by atoms with Crippen LogP contribution in [0.5, 0.6) is 0 Å². The molecule has 1 rings (SSSR count). The summed E-state index contributed by atoms with van der Waals surface area (Å²) in [6.45, 7) is 0. The zero-order chi connectivity index (χ0) is 6.74. The molecular weight excluding hydrogens is 140 g/mol. The quantitative estimate of drug-likeness (QED) is 0.505. The molecule has 0 bridgehead atoms. The van der Waals surface area contributed by atoms with Gasteiger partial charge in [0, 0.05) is 0 Å². The Labute approximate surface area is 52.5 Å². The molecule has 0 N–H and O–H groups in total. The van der Waals surface area contributed by atoms with Gasteiger partial charge in [-0.1, -0.05) is 0 Å². The third kappa shape index (κ3) is 1.77. The summed E-state index contributed by atoms with van der Waals surface area (Å²) in [5.41, 5.74) is 0. The minimum absolute atomic E-state index is 0.986. The highest BCUT2D eigenvalue weighted by atomic mass is 32.2. The first kappa shape index (κ1) is 6.15. The fourth-order valence-electron chi connectivity index (χ4n) is 0.346. The average molecular weight is 144 g/mol. The van der Waals surface area contributed by atoms with E-state index in [4.69, 9.17) is 0 Å². The molecule has 5 heteroatoms. The van der Waals surface area contributed by atoms with Gasteiger partial charge in [-0.3, -0.25) is 0 Å². The molecule has 9 heavy (non-hydrogen) atoms. The second kappa shape index (κ2) is 2.10. The molecule has 0 unspecified atom stereocenters. The fraction of sp³-hybridized carbons (Fsp3) is 0. The van der Waals surface area contributed by atoms with Crippen LogP contribution in [0.1, 0.15) is 0 Å². The largest absolute Gasteiger partial charge is 0.220 e. The van der Waals surface area contributed by atoms with Crippen LogP contribution in [0.15, 0.2) is 33.4 Å². The Hall–Kier alpha value is -0.970. The van der Waals surface area contributed by atoms with Gasteiger partial charge in [0.2, 0.25) is 0 Å². The molecule has 0 aromatic rings. The van der Waals surface area contributed by atoms with Crippen molar-refractivity contribution in [1.82, 2.24) is 0 Å². The second-order valence-corrected chi connectivity index (χ2v) is 3.11. The van der Waals surface area contributed by atoms with Crippen molar-refractivity contribution in [2.75, 3.05) is 0 Å². The van der Waals surface area contributed by atoms with E-state index in [0.717, 1.165) is 23.2 Å². The van der Waals surface area contributed by atoms with Crippen molar-refractivity contribution in [3.05, 3.63) is 23.2 Å². The molecule has 0 aromatic carbocycles. The molecule has 0 saturated carbocycles. The number of hydrogen-bond donors (Lipinski definition) is 0. The van der Waals surface area contributed by atoms with Gasteiger partial charge in [0.25, 0.3) is 0 Å². The predicted octanol–water partition coefficient (Wildman–Crippen LogP) is 0.809. The summed E-state index contributed by atoms with van der Waals surface area (Å²) in [4.78, 5) is 0. The summed E-state index contributed by atoms with van der Waals surface area (Å²) in [7, 11) is -3.17. The zero-order valence-electron chi connectivity index (χ0n) is 4.43. The molecule has 0 atom stereocenters. The van der Waals surface area contributed by atoms with E-state index < -0.39 is 9.84 Å². The Kier molecular flexibility index (Phi) is 1.44. The van der Waals surface area contributed by atoms with E-state index in [0.29, 0.717) is 0 Å². The lowest BCUT2D eigenvalue weighted by Crippen LogP contribution is -1.84. The normalized spacial score (nSPS) is 21.8. The first-order valence-electron chi connectivity index (χ1n) is 2.19. The first-order chi connectivity index (χ1) is 4.21. The minimum atomic E-state index is -3.17. The van der Waals surface area contributed by atoms with Crippen LogP contribution in [0.3, 0.4) is 0 Å². The molecule has 1 aliphatic heterocycles. The van der Waals surface area contributed by atoms with Gasteiger partial charge in [-0.2, -0.15) is 10.2 Å². The van der Waals surface area contributed by atoms with Gasteiger partial charge in [-0.15, -0.1) is 0 Å². The fourth-order valence-corrected chi connectivity index (χ4v) is 0.885. The van der Waals surface area contributed by atoms with E-state index in [2.05, 4.69) is 10.2 Å². The molecule has 0 aromatic heterocycles. The van der Waals surface area contributed by atoms with Crippen molar-refractivity contribution in [2.24, 2.45) is 10.2 Å². The maximum Gasteiger partial charge on any atom is 0.196 e. The Morgan fingerprint density at radius 1 is 1.00 bits per heavy atom. The monoisotopic (exact) mass is 144 g/mol. The first-order valence-corrected chi connectivity index (χ1v) is 3.80. The summed E-state index contributed by atoms with van der Waals surface area (Å²) in [6, 6.07) is 0. The smallest absolute Gasteiger partial charge is 0.196 e. The maximum absolute atomic E-state index is 10.6. The van der Waals surface area contributed by atoms with Gasteiger partial charge in [0.1, 0.15) is 0 Å². The summed E-state index contributed by atoms with van der Waals surface area (Å²) in [5.74, 6) is 0. The molecule has 0 fully saturated rings. The summed E-state index contributed by atoms with van der Waals surface area (Å²) >= 11 is 0. The molecule has 0 amide bonds. The summed E-state index contributed by atoms with van der Waals surface area (Å²) < 4.78 is 21.2. The van der Waals surface area contributed by atoms with Gasteiger partial charge < -0.3 is 0 Å². The highest BCUT2D eigenvalue weighted by molar-refractivity contribution is 7.97. The van der Waals surface area contributed by atoms with Crippen molar-refractivity contribution in [3.63, 3.8) is 0 Å². The third-order valence-corrected chi connectivity index (χ3v) is 1.70. The highest BCUT2D eigenvalue weighted by Gasteiger charge is 1.98. The average Bonchev–Trinajstić information content (AvgIpc) is 1.92. The van der Waals surface area contributed by atoms with Gasteiger partial charge in [0.15, 0.2) is 9.84 Å². The van der Waals surface area contributed by atoms with E-state index >= 15 is 0 Å². The SMILES string of the molecule is O=S1(=O)C=CN=NC=C1. The molecule has 0 radical (unpaired) electrons. The molecule has 0 spiro atoms. The zero-order valence-corrected chi connectivity index (χ0v) is 5.25. The highest BCUT2D eigenvalue weighted by Crippen LogP contribution is 1.99. The van der Waals surface area contributed by atoms with Crippen LogP contribution in [0.25, 0.3) is 0 Å². The van der Waals surface area contributed by atoms with Crippen LogP contribution in [0.2, 0.25) is 0 Å². The van der Waals surface area contributed by atoms with E-state index in [1.54, 1.807) is 0 Å². The number of nitrogens with zero attached hydrogens (tertiary/aromatic N) is 2. The lowest BCUT2D eigenvalue weighted by molar-refractivity contribution is 0.612. The topological polar surface area (TPSA) is 58.9 Å². The maximum atomic E-state index is 10.6. The number of rotatable bonds is 0. The van der Waals surface area contributed by atoms with Crippen molar-refractivity contribution >= 4 is 9.84 Å². The molecule has 0 aliphatic carbocycles. The second-order valence-electron chi connectivity index (χ2n) is 1.39. The van der Waals surface area contributed by atoms with Crippen molar-refractivity contribution in [2.45, 2.75) is 0 Å².